The summed E-state index contributed by atoms with van der Waals surface area (Å²) in [5.41, 5.74) is -2.72. The number of halogens is 7. The molecule has 80 heavy (non-hydrogen) atoms. The van der Waals surface area contributed by atoms with Crippen LogP contribution in [0.2, 0.25) is 0 Å². The molecule has 25 nitrogen and oxygen atoms in total. The molecule has 0 unspecified atom stereocenters. The maximum Gasteiger partial charge on any atom is 0.351 e. The third-order valence-electron chi connectivity index (χ3n) is 14.0. The number of rotatable bonds is 12. The Morgan fingerprint density at radius 1 is 0.512 bits per heavy atom. The molecule has 4 fully saturated rings. The lowest BCUT2D eigenvalue weighted by molar-refractivity contribution is -0.114. The first kappa shape index (κ1) is 74.4. The predicted molar refractivity (Wildman–Crippen MR) is 308 cm³/mol. The number of aromatic amines is 3. The van der Waals surface area contributed by atoms with E-state index >= 15 is 0 Å². The molecule has 10 N–H and O–H groups in total. The monoisotopic (exact) mass is 1280 g/mol. The third-order valence-corrected chi connectivity index (χ3v) is 17.4. The Kier molecular flexibility index (Phi) is 28.6. The van der Waals surface area contributed by atoms with Crippen LogP contribution in [0.4, 0.5) is 5.82 Å². The van der Waals surface area contributed by atoms with Gasteiger partial charge in [-0.25, -0.2) is 19.2 Å². The van der Waals surface area contributed by atoms with Gasteiger partial charge in [0.1, 0.15) is 40.0 Å². The van der Waals surface area contributed by atoms with Crippen LogP contribution in [-0.4, -0.2) is 157 Å². The van der Waals surface area contributed by atoms with E-state index in [1.54, 1.807) is 0 Å². The largest absolute Gasteiger partial charge is 0.393 e. The molecule has 0 aromatic carbocycles. The summed E-state index contributed by atoms with van der Waals surface area (Å²) in [4.78, 5) is 90.0. The van der Waals surface area contributed by atoms with Crippen LogP contribution in [0, 0.1) is 11.8 Å². The van der Waals surface area contributed by atoms with Crippen LogP contribution >= 0.6 is 81.2 Å². The van der Waals surface area contributed by atoms with Gasteiger partial charge in [0.25, 0.3) is 16.7 Å². The molecule has 0 aliphatic carbocycles. The van der Waals surface area contributed by atoms with Crippen molar-refractivity contribution < 1.29 is 44.5 Å². The molecule has 8 rings (SSSR count). The molecular formula is C48H74Cl7N9O16. The molecule has 4 aliphatic rings. The van der Waals surface area contributed by atoms with E-state index in [0.29, 0.717) is 18.7 Å². The lowest BCUT2D eigenvalue weighted by atomic mass is 9.87. The van der Waals surface area contributed by atoms with Gasteiger partial charge in [-0.1, -0.05) is 57.4 Å². The number of nitrogens with two attached hydrogens (primary N) is 1. The first-order chi connectivity index (χ1) is 35.8. The quantitative estimate of drug-likeness (QED) is 0.0921. The Morgan fingerprint density at radius 2 is 0.800 bits per heavy atom. The van der Waals surface area contributed by atoms with Crippen molar-refractivity contribution in [2.75, 3.05) is 43.2 Å². The Morgan fingerprint density at radius 3 is 1.06 bits per heavy atom. The SMILES string of the molecule is C.C.C.C.CC[C@@]1(CCl)O[C@@H](n2ccc(=O)[nH]c2=O)[C@H](Cl)[C@@H]1C.CC[C@@]1(CO)O[C@@H](n2ccc(=O)[nH]c2=O)[C@H](Cl)[C@@H]1C.Nc1ccn([C@@H]2O[C@@](CO)(CCl)[C@@H](O)[C@H]2Cl)c(=O)n1.O=c1ccn([C@@H]2O[C@@](CO)(CCl)[C@@H](O)[C@H]2Cl)c(=O)[nH]1. The smallest absolute Gasteiger partial charge is 0.351 e. The molecule has 0 saturated carbocycles. The van der Waals surface area contributed by atoms with Gasteiger partial charge in [-0.3, -0.25) is 47.6 Å². The zero-order valence-corrected chi connectivity index (χ0v) is 46.2. The summed E-state index contributed by atoms with van der Waals surface area (Å²) >= 11 is 42.2. The number of nitrogens with one attached hydrogen (secondary N) is 3. The number of anilines is 1. The fraction of sp³-hybridized carbons (Fsp3) is 0.667. The molecule has 0 spiro atoms. The van der Waals surface area contributed by atoms with Crippen molar-refractivity contribution in [3.8, 4) is 0 Å². The van der Waals surface area contributed by atoms with Crippen molar-refractivity contribution in [2.24, 2.45) is 11.8 Å². The standard InChI is InChI=1S/C12H16Cl2N2O3.C12H17ClN2O4.C10H13Cl2N3O4.C10H12Cl2N2O5.4CH4/c1-3-12(6-13)7(2)9(14)10(19-12)16-5-4-8(17)15-11(16)18;1-3-12(6-16)7(2)9(13)10(19-12)15-5-4-8(17)14-11(15)18;11-3-10(4-16)7(17)6(12)8(19-10)15-2-1-5(13)14-9(15)18;11-3-10(4-15)7(17)6(12)8(19-10)14-2-1-5(16)13-9(14)18;;;;/h4-5,7,9-10H,3,6H2,1-2H3,(H,15,17,18);4-5,7,9-10,16H,3,6H2,1-2H3,(H,14,17,18);1-2,6-8,16-17H,3-4H2,(H2,13,14,18);1-2,6-8,15,17H,3-4H2,(H,13,16,18);4*1H4/t2*7-,9+,10+,12-;2*6-,7+,8-,10-;;;;/m0011..../s1. The van der Waals surface area contributed by atoms with E-state index in [9.17, 15) is 59.1 Å². The molecule has 32 heteroatoms. The summed E-state index contributed by atoms with van der Waals surface area (Å²) in [5.74, 6) is -0.0999. The van der Waals surface area contributed by atoms with Crippen LogP contribution in [0.3, 0.4) is 0 Å². The summed E-state index contributed by atoms with van der Waals surface area (Å²) in [5, 5.41) is 45.4. The van der Waals surface area contributed by atoms with Crippen LogP contribution in [-0.2, 0) is 18.9 Å². The molecule has 456 valence electrons. The number of nitrogens with zero attached hydrogens (tertiary/aromatic N) is 5. The molecule has 0 radical (unpaired) electrons. The molecule has 4 aromatic heterocycles. The number of hydrogen-bond donors (Lipinski definition) is 9. The topological polar surface area (TPSA) is 364 Å². The highest BCUT2D eigenvalue weighted by Gasteiger charge is 2.56. The van der Waals surface area contributed by atoms with Crippen molar-refractivity contribution in [3.63, 3.8) is 0 Å². The summed E-state index contributed by atoms with van der Waals surface area (Å²) in [6.07, 6.45) is 0.798. The van der Waals surface area contributed by atoms with E-state index in [-0.39, 0.29) is 71.1 Å². The molecule has 4 aromatic rings. The van der Waals surface area contributed by atoms with Crippen LogP contribution in [0.25, 0.3) is 0 Å². The molecular weight excluding hydrogens is 1210 g/mol. The van der Waals surface area contributed by atoms with Gasteiger partial charge >= 0.3 is 22.8 Å². The number of nitrogen functional groups attached to an aromatic ring is 1. The minimum atomic E-state index is -1.44. The Bertz CT molecular complexity index is 2770. The second-order valence-corrected chi connectivity index (χ2v) is 21.0. The van der Waals surface area contributed by atoms with Crippen LogP contribution in [0.5, 0.6) is 0 Å². The van der Waals surface area contributed by atoms with Gasteiger partial charge in [0.2, 0.25) is 0 Å². The maximum absolute atomic E-state index is 11.8. The number of aromatic nitrogens is 8. The van der Waals surface area contributed by atoms with Crippen molar-refractivity contribution in [1.29, 1.82) is 0 Å². The molecule has 8 heterocycles. The fourth-order valence-electron chi connectivity index (χ4n) is 8.80. The van der Waals surface area contributed by atoms with Crippen molar-refractivity contribution >= 4 is 87.0 Å². The number of aliphatic hydroxyl groups is 5. The highest BCUT2D eigenvalue weighted by Crippen LogP contribution is 2.47. The van der Waals surface area contributed by atoms with E-state index in [1.807, 2.05) is 27.7 Å². The Balaban J connectivity index is 0.000000525. The summed E-state index contributed by atoms with van der Waals surface area (Å²) < 4.78 is 27.4. The van der Waals surface area contributed by atoms with Gasteiger partial charge in [0.15, 0.2) is 24.9 Å². The van der Waals surface area contributed by atoms with Crippen molar-refractivity contribution in [1.82, 2.24) is 38.2 Å². The molecule has 4 aliphatic heterocycles. The van der Waals surface area contributed by atoms with Gasteiger partial charge in [-0.2, -0.15) is 4.98 Å². The number of alkyl halides is 7. The Labute approximate surface area is 495 Å². The molecule has 16 atom stereocenters. The van der Waals surface area contributed by atoms with E-state index in [1.165, 1.54) is 52.1 Å². The van der Waals surface area contributed by atoms with Crippen molar-refractivity contribution in [3.05, 3.63) is 122 Å². The van der Waals surface area contributed by atoms with Gasteiger partial charge in [-0.15, -0.1) is 81.2 Å². The number of ether oxygens (including phenoxy) is 4. The minimum absolute atomic E-state index is 0. The van der Waals surface area contributed by atoms with Gasteiger partial charge in [0.05, 0.1) is 59.4 Å². The fourth-order valence-corrected chi connectivity index (χ4v) is 11.5. The second kappa shape index (κ2) is 30.8. The Hall–Kier alpha value is -3.61. The molecule has 0 amide bonds. The van der Waals surface area contributed by atoms with E-state index in [0.717, 1.165) is 15.2 Å². The highest BCUT2D eigenvalue weighted by atomic mass is 35.5. The lowest BCUT2D eigenvalue weighted by Gasteiger charge is -2.29. The second-order valence-electron chi connectivity index (χ2n) is 18.2. The minimum Gasteiger partial charge on any atom is -0.393 e. The van der Waals surface area contributed by atoms with Crippen molar-refractivity contribution in [2.45, 2.75) is 151 Å². The number of hydrogen-bond acceptors (Lipinski definition) is 18. The van der Waals surface area contributed by atoms with E-state index in [4.69, 9.17) is 106 Å². The van der Waals surface area contributed by atoms with Crippen LogP contribution in [0.15, 0.2) is 82.6 Å². The molecule has 4 saturated heterocycles. The van der Waals surface area contributed by atoms with Crippen LogP contribution in [0.1, 0.15) is 95.2 Å². The molecule has 0 bridgehead atoms. The maximum atomic E-state index is 11.8. The number of H-pyrrole nitrogens is 3. The zero-order chi connectivity index (χ0) is 56.8. The average molecular weight is 1280 g/mol. The zero-order valence-electron chi connectivity index (χ0n) is 40.9. The third kappa shape index (κ3) is 14.8. The average Bonchev–Trinajstić information content (AvgIpc) is 4.01. The first-order valence-corrected chi connectivity index (χ1v) is 26.6. The van der Waals surface area contributed by atoms with Gasteiger partial charge in [0, 0.05) is 54.8 Å². The first-order valence-electron chi connectivity index (χ1n) is 23.2. The summed E-state index contributed by atoms with van der Waals surface area (Å²) in [7, 11) is 0. The number of aliphatic hydroxyl groups excluding tert-OH is 5. The van der Waals surface area contributed by atoms with Gasteiger partial charge in [-0.05, 0) is 18.9 Å². The normalized spacial score (nSPS) is 32.9. The van der Waals surface area contributed by atoms with E-state index < -0.39 is 128 Å². The lowest BCUT2D eigenvalue weighted by Crippen LogP contribution is -2.47. The van der Waals surface area contributed by atoms with Crippen LogP contribution < -0.4 is 45.2 Å². The summed E-state index contributed by atoms with van der Waals surface area (Å²) in [6, 6.07) is 5.04. The van der Waals surface area contributed by atoms with Gasteiger partial charge < -0.3 is 50.2 Å². The van der Waals surface area contributed by atoms with E-state index in [2.05, 4.69) is 19.9 Å². The summed E-state index contributed by atoms with van der Waals surface area (Å²) in [6.45, 7) is 6.48. The predicted octanol–water partition coefficient (Wildman–Crippen LogP) is 2.99. The highest BCUT2D eigenvalue weighted by molar-refractivity contribution is 6.23.